The van der Waals surface area contributed by atoms with Gasteiger partial charge in [-0.15, -0.1) is 0 Å². The van der Waals surface area contributed by atoms with E-state index in [1.807, 2.05) is 35.2 Å². The summed E-state index contributed by atoms with van der Waals surface area (Å²) in [5.41, 5.74) is 1.73. The zero-order chi connectivity index (χ0) is 18.6. The molecule has 26 heavy (non-hydrogen) atoms. The maximum absolute atomic E-state index is 12.5. The zero-order valence-electron chi connectivity index (χ0n) is 14.1. The molecule has 0 amide bonds. The molecule has 8 heteroatoms. The largest absolute Gasteiger partial charge is 0.369 e. The van der Waals surface area contributed by atoms with Gasteiger partial charge in [-0.25, -0.2) is 8.42 Å². The molecule has 0 unspecified atom stereocenters. The number of piperazine rings is 1. The van der Waals surface area contributed by atoms with Crippen molar-refractivity contribution in [3.63, 3.8) is 0 Å². The molecule has 1 aliphatic rings. The molecule has 1 saturated heterocycles. The summed E-state index contributed by atoms with van der Waals surface area (Å²) in [5.74, 6) is 0. The van der Waals surface area contributed by atoms with Crippen LogP contribution in [0.5, 0.6) is 0 Å². The molecule has 0 aromatic heterocycles. The number of hydrogen-bond donors (Lipinski definition) is 0. The average Bonchev–Trinajstić information content (AvgIpc) is 2.67. The van der Waals surface area contributed by atoms with Gasteiger partial charge in [0, 0.05) is 49.4 Å². The lowest BCUT2D eigenvalue weighted by molar-refractivity contribution is -0.384. The van der Waals surface area contributed by atoms with E-state index in [9.17, 15) is 18.5 Å². The Morgan fingerprint density at radius 3 is 2.12 bits per heavy atom. The second kappa shape index (κ2) is 7.67. The van der Waals surface area contributed by atoms with Crippen LogP contribution in [0, 0.1) is 10.1 Å². The summed E-state index contributed by atoms with van der Waals surface area (Å²) < 4.78 is 26.4. The molecule has 0 bridgehead atoms. The Morgan fingerprint density at radius 2 is 1.54 bits per heavy atom. The van der Waals surface area contributed by atoms with Crippen LogP contribution in [0.4, 0.5) is 11.4 Å². The van der Waals surface area contributed by atoms with E-state index in [1.165, 1.54) is 21.8 Å². The highest BCUT2D eigenvalue weighted by Crippen LogP contribution is 2.21. The lowest BCUT2D eigenvalue weighted by Gasteiger charge is -2.34. The minimum atomic E-state index is -3.47. The number of benzene rings is 2. The predicted molar refractivity (Wildman–Crippen MR) is 101 cm³/mol. The van der Waals surface area contributed by atoms with Gasteiger partial charge < -0.3 is 4.90 Å². The topological polar surface area (TPSA) is 83.8 Å². The molecular formula is C18H19N3O4S. The average molecular weight is 373 g/mol. The van der Waals surface area contributed by atoms with E-state index in [0.29, 0.717) is 26.2 Å². The molecule has 2 aromatic rings. The van der Waals surface area contributed by atoms with Crippen molar-refractivity contribution < 1.29 is 13.3 Å². The van der Waals surface area contributed by atoms with Crippen LogP contribution in [-0.2, 0) is 10.0 Å². The van der Waals surface area contributed by atoms with E-state index in [0.717, 1.165) is 11.3 Å². The summed E-state index contributed by atoms with van der Waals surface area (Å²) in [7, 11) is -3.47. The van der Waals surface area contributed by atoms with Crippen molar-refractivity contribution in [1.29, 1.82) is 0 Å². The minimum absolute atomic E-state index is 0.0426. The Morgan fingerprint density at radius 1 is 0.923 bits per heavy atom. The van der Waals surface area contributed by atoms with Crippen LogP contribution in [0.1, 0.15) is 5.56 Å². The molecule has 1 fully saturated rings. The molecule has 2 aromatic carbocycles. The first-order valence-corrected chi connectivity index (χ1v) is 9.69. The lowest BCUT2D eigenvalue weighted by Crippen LogP contribution is -2.48. The third kappa shape index (κ3) is 4.27. The van der Waals surface area contributed by atoms with E-state index in [-0.39, 0.29) is 5.69 Å². The molecule has 0 atom stereocenters. The number of hydrogen-bond acceptors (Lipinski definition) is 5. The number of rotatable bonds is 5. The van der Waals surface area contributed by atoms with Gasteiger partial charge in [0.25, 0.3) is 5.69 Å². The number of non-ortho nitro benzene ring substituents is 1. The summed E-state index contributed by atoms with van der Waals surface area (Å²) in [5, 5.41) is 12.0. The van der Waals surface area contributed by atoms with Gasteiger partial charge in [0.05, 0.1) is 4.92 Å². The van der Waals surface area contributed by atoms with Gasteiger partial charge in [0.2, 0.25) is 10.0 Å². The molecule has 1 heterocycles. The van der Waals surface area contributed by atoms with Crippen LogP contribution in [0.2, 0.25) is 0 Å². The van der Waals surface area contributed by atoms with E-state index in [1.54, 1.807) is 18.2 Å². The highest BCUT2D eigenvalue weighted by Gasteiger charge is 2.25. The van der Waals surface area contributed by atoms with Crippen LogP contribution in [0.15, 0.2) is 60.0 Å². The van der Waals surface area contributed by atoms with Crippen LogP contribution in [-0.4, -0.2) is 43.8 Å². The standard InChI is InChI=1S/C18H19N3O4S/c22-21(23)18-8-6-17(7-9-18)19-11-13-20(14-12-19)26(24,25)15-10-16-4-2-1-3-5-16/h1-10,15H,11-14H2/b15-10+. The van der Waals surface area contributed by atoms with Crippen LogP contribution in [0.3, 0.4) is 0 Å². The second-order valence-electron chi connectivity index (χ2n) is 5.92. The van der Waals surface area contributed by atoms with Crippen LogP contribution in [0.25, 0.3) is 6.08 Å². The van der Waals surface area contributed by atoms with Crippen molar-refractivity contribution in [2.75, 3.05) is 31.1 Å². The van der Waals surface area contributed by atoms with E-state index < -0.39 is 14.9 Å². The SMILES string of the molecule is O=[N+]([O-])c1ccc(N2CCN(S(=O)(=O)/C=C/c3ccccc3)CC2)cc1. The summed E-state index contributed by atoms with van der Waals surface area (Å²) >= 11 is 0. The summed E-state index contributed by atoms with van der Waals surface area (Å²) in [6, 6.07) is 15.6. The molecule has 0 saturated carbocycles. The zero-order valence-corrected chi connectivity index (χ0v) is 14.9. The van der Waals surface area contributed by atoms with Gasteiger partial charge >= 0.3 is 0 Å². The van der Waals surface area contributed by atoms with Gasteiger partial charge in [-0.3, -0.25) is 10.1 Å². The first-order valence-electron chi connectivity index (χ1n) is 8.18. The number of sulfonamides is 1. The van der Waals surface area contributed by atoms with Gasteiger partial charge in [-0.2, -0.15) is 4.31 Å². The predicted octanol–water partition coefficient (Wildman–Crippen LogP) is 2.72. The third-order valence-corrected chi connectivity index (χ3v) is 5.82. The first-order chi connectivity index (χ1) is 12.5. The maximum Gasteiger partial charge on any atom is 0.269 e. The highest BCUT2D eigenvalue weighted by atomic mass is 32.2. The molecule has 136 valence electrons. The monoisotopic (exact) mass is 373 g/mol. The summed E-state index contributed by atoms with van der Waals surface area (Å²) in [4.78, 5) is 12.3. The van der Waals surface area contributed by atoms with E-state index in [4.69, 9.17) is 0 Å². The minimum Gasteiger partial charge on any atom is -0.369 e. The number of anilines is 1. The Kier molecular flexibility index (Phi) is 5.34. The Labute approximate surface area is 152 Å². The van der Waals surface area contributed by atoms with Crippen molar-refractivity contribution >= 4 is 27.5 Å². The fourth-order valence-electron chi connectivity index (χ4n) is 2.80. The van der Waals surface area contributed by atoms with Gasteiger partial charge in [0.15, 0.2) is 0 Å². The Balaban J connectivity index is 1.62. The van der Waals surface area contributed by atoms with Gasteiger partial charge in [-0.05, 0) is 23.8 Å². The molecular weight excluding hydrogens is 354 g/mol. The number of nitrogens with zero attached hydrogens (tertiary/aromatic N) is 3. The van der Waals surface area contributed by atoms with E-state index in [2.05, 4.69) is 0 Å². The summed E-state index contributed by atoms with van der Waals surface area (Å²) in [6.45, 7) is 1.82. The fourth-order valence-corrected chi connectivity index (χ4v) is 3.97. The van der Waals surface area contributed by atoms with Crippen molar-refractivity contribution in [3.05, 3.63) is 75.7 Å². The number of nitro groups is 1. The molecule has 1 aliphatic heterocycles. The first kappa shape index (κ1) is 18.1. The normalized spacial score (nSPS) is 16.1. The lowest BCUT2D eigenvalue weighted by atomic mass is 10.2. The molecule has 0 spiro atoms. The molecule has 7 nitrogen and oxygen atoms in total. The Bertz CT molecular complexity index is 888. The maximum atomic E-state index is 12.5. The van der Waals surface area contributed by atoms with Crippen LogP contribution < -0.4 is 4.90 Å². The smallest absolute Gasteiger partial charge is 0.269 e. The number of nitro benzene ring substituents is 1. The Hall–Kier alpha value is -2.71. The molecule has 0 aliphatic carbocycles. The van der Waals surface area contributed by atoms with Crippen molar-refractivity contribution in [2.45, 2.75) is 0 Å². The second-order valence-corrected chi connectivity index (χ2v) is 7.74. The molecule has 3 rings (SSSR count). The van der Waals surface area contributed by atoms with Crippen LogP contribution >= 0.6 is 0 Å². The third-order valence-electron chi connectivity index (χ3n) is 4.26. The van der Waals surface area contributed by atoms with Gasteiger partial charge in [-0.1, -0.05) is 30.3 Å². The molecule has 0 N–H and O–H groups in total. The van der Waals surface area contributed by atoms with Crippen molar-refractivity contribution in [1.82, 2.24) is 4.31 Å². The summed E-state index contributed by atoms with van der Waals surface area (Å²) in [6.07, 6.45) is 1.60. The van der Waals surface area contributed by atoms with E-state index >= 15 is 0 Å². The van der Waals surface area contributed by atoms with Gasteiger partial charge in [0.1, 0.15) is 0 Å². The van der Waals surface area contributed by atoms with Crippen molar-refractivity contribution in [2.24, 2.45) is 0 Å². The highest BCUT2D eigenvalue weighted by molar-refractivity contribution is 7.92. The van der Waals surface area contributed by atoms with Crippen molar-refractivity contribution in [3.8, 4) is 0 Å². The quantitative estimate of drug-likeness (QED) is 0.594. The molecule has 0 radical (unpaired) electrons. The fraction of sp³-hybridized carbons (Fsp3) is 0.222.